The third kappa shape index (κ3) is 5.98. The Kier molecular flexibility index (Phi) is 6.41. The second kappa shape index (κ2) is 8.78. The van der Waals surface area contributed by atoms with Crippen molar-refractivity contribution in [2.45, 2.75) is 26.7 Å². The van der Waals surface area contributed by atoms with Crippen LogP contribution in [-0.4, -0.2) is 24.1 Å². The average molecular weight is 314 g/mol. The highest BCUT2D eigenvalue weighted by atomic mass is 16.5. The van der Waals surface area contributed by atoms with Crippen molar-refractivity contribution in [3.63, 3.8) is 0 Å². The van der Waals surface area contributed by atoms with Gasteiger partial charge in [0.05, 0.1) is 13.2 Å². The highest BCUT2D eigenvalue weighted by Crippen LogP contribution is 2.17. The average Bonchev–Trinajstić information content (AvgIpc) is 2.53. The fourth-order valence-electron chi connectivity index (χ4n) is 2.03. The molecule has 0 radical (unpaired) electrons. The Hall–Kier alpha value is -2.56. The SMILES string of the molecule is CCOc1ccc(OCCCC(=O)Nc2cc(C)ccn2)cc1. The molecule has 1 aromatic carbocycles. The summed E-state index contributed by atoms with van der Waals surface area (Å²) in [6.45, 7) is 5.04. The summed E-state index contributed by atoms with van der Waals surface area (Å²) in [4.78, 5) is 15.9. The van der Waals surface area contributed by atoms with Crippen LogP contribution in [0.3, 0.4) is 0 Å². The number of anilines is 1. The van der Waals surface area contributed by atoms with E-state index in [0.717, 1.165) is 17.1 Å². The first kappa shape index (κ1) is 16.8. The molecule has 0 bridgehead atoms. The summed E-state index contributed by atoms with van der Waals surface area (Å²) in [5, 5.41) is 2.78. The summed E-state index contributed by atoms with van der Waals surface area (Å²) in [6.07, 6.45) is 2.72. The van der Waals surface area contributed by atoms with Crippen LogP contribution < -0.4 is 14.8 Å². The number of nitrogens with one attached hydrogen (secondary N) is 1. The maximum absolute atomic E-state index is 11.8. The molecular formula is C18H22N2O3. The molecule has 2 aromatic rings. The summed E-state index contributed by atoms with van der Waals surface area (Å²) in [6, 6.07) is 11.2. The smallest absolute Gasteiger partial charge is 0.225 e. The molecule has 5 nitrogen and oxygen atoms in total. The Balaban J connectivity index is 1.67. The van der Waals surface area contributed by atoms with Gasteiger partial charge in [-0.1, -0.05) is 0 Å². The number of pyridine rings is 1. The van der Waals surface area contributed by atoms with Crippen LogP contribution in [0.15, 0.2) is 42.6 Å². The third-order valence-corrected chi connectivity index (χ3v) is 3.13. The van der Waals surface area contributed by atoms with Gasteiger partial charge >= 0.3 is 0 Å². The van der Waals surface area contributed by atoms with Gasteiger partial charge in [-0.3, -0.25) is 4.79 Å². The second-order valence-electron chi connectivity index (χ2n) is 5.12. The molecule has 1 N–H and O–H groups in total. The minimum atomic E-state index is -0.0570. The van der Waals surface area contributed by atoms with Gasteiger partial charge in [0.25, 0.3) is 0 Å². The van der Waals surface area contributed by atoms with Gasteiger partial charge in [0.2, 0.25) is 5.91 Å². The molecule has 0 aliphatic rings. The van der Waals surface area contributed by atoms with Gasteiger partial charge in [-0.05, 0) is 62.2 Å². The zero-order valence-electron chi connectivity index (χ0n) is 13.5. The van der Waals surface area contributed by atoms with Crippen molar-refractivity contribution in [1.29, 1.82) is 0 Å². The van der Waals surface area contributed by atoms with Crippen LogP contribution in [0.1, 0.15) is 25.3 Å². The fourth-order valence-corrected chi connectivity index (χ4v) is 2.03. The van der Waals surface area contributed by atoms with E-state index in [0.29, 0.717) is 31.9 Å². The van der Waals surface area contributed by atoms with Gasteiger partial charge in [-0.2, -0.15) is 0 Å². The maximum Gasteiger partial charge on any atom is 0.225 e. The molecule has 0 saturated carbocycles. The molecule has 0 unspecified atom stereocenters. The first-order valence-electron chi connectivity index (χ1n) is 7.75. The van der Waals surface area contributed by atoms with Gasteiger partial charge in [-0.25, -0.2) is 4.98 Å². The molecule has 0 fully saturated rings. The van der Waals surface area contributed by atoms with Crippen molar-refractivity contribution in [2.75, 3.05) is 18.5 Å². The molecule has 0 saturated heterocycles. The molecule has 1 heterocycles. The number of carbonyl (C=O) groups is 1. The fraction of sp³-hybridized carbons (Fsp3) is 0.333. The van der Waals surface area contributed by atoms with Crippen LogP contribution in [0.5, 0.6) is 11.5 Å². The number of ether oxygens (including phenoxy) is 2. The first-order chi connectivity index (χ1) is 11.2. The zero-order chi connectivity index (χ0) is 16.5. The van der Waals surface area contributed by atoms with Crippen molar-refractivity contribution in [3.8, 4) is 11.5 Å². The molecule has 1 aromatic heterocycles. The molecule has 5 heteroatoms. The molecule has 122 valence electrons. The summed E-state index contributed by atoms with van der Waals surface area (Å²) < 4.78 is 11.0. The molecule has 1 amide bonds. The van der Waals surface area contributed by atoms with E-state index in [9.17, 15) is 4.79 Å². The minimum Gasteiger partial charge on any atom is -0.494 e. The summed E-state index contributed by atoms with van der Waals surface area (Å²) >= 11 is 0. The summed E-state index contributed by atoms with van der Waals surface area (Å²) in [5.41, 5.74) is 1.06. The highest BCUT2D eigenvalue weighted by molar-refractivity contribution is 5.89. The highest BCUT2D eigenvalue weighted by Gasteiger charge is 2.04. The summed E-state index contributed by atoms with van der Waals surface area (Å²) in [7, 11) is 0. The van der Waals surface area contributed by atoms with E-state index in [1.807, 2.05) is 50.2 Å². The number of benzene rings is 1. The van der Waals surface area contributed by atoms with Crippen molar-refractivity contribution in [3.05, 3.63) is 48.2 Å². The number of rotatable bonds is 8. The number of amides is 1. The van der Waals surface area contributed by atoms with Crippen LogP contribution in [0.4, 0.5) is 5.82 Å². The van der Waals surface area contributed by atoms with Crippen LogP contribution in [0, 0.1) is 6.92 Å². The van der Waals surface area contributed by atoms with E-state index < -0.39 is 0 Å². The Morgan fingerprint density at radius 2 is 1.83 bits per heavy atom. The number of carbonyl (C=O) groups excluding carboxylic acids is 1. The third-order valence-electron chi connectivity index (χ3n) is 3.13. The minimum absolute atomic E-state index is 0.0570. The van der Waals surface area contributed by atoms with E-state index in [4.69, 9.17) is 9.47 Å². The van der Waals surface area contributed by atoms with Crippen LogP contribution in [-0.2, 0) is 4.79 Å². The van der Waals surface area contributed by atoms with E-state index in [1.165, 1.54) is 0 Å². The number of nitrogens with zero attached hydrogens (tertiary/aromatic N) is 1. The van der Waals surface area contributed by atoms with Crippen molar-refractivity contribution in [1.82, 2.24) is 4.98 Å². The van der Waals surface area contributed by atoms with Crippen LogP contribution >= 0.6 is 0 Å². The standard InChI is InChI=1S/C18H22N2O3/c1-3-22-15-6-8-16(9-7-15)23-12-4-5-18(21)20-17-13-14(2)10-11-19-17/h6-11,13H,3-5,12H2,1-2H3,(H,19,20,21). The lowest BCUT2D eigenvalue weighted by molar-refractivity contribution is -0.116. The lowest BCUT2D eigenvalue weighted by Crippen LogP contribution is -2.13. The van der Waals surface area contributed by atoms with Gasteiger partial charge < -0.3 is 14.8 Å². The molecule has 0 aliphatic heterocycles. The van der Waals surface area contributed by atoms with Crippen LogP contribution in [0.2, 0.25) is 0 Å². The number of aromatic nitrogens is 1. The number of aryl methyl sites for hydroxylation is 1. The molecule has 0 atom stereocenters. The van der Waals surface area contributed by atoms with Crippen molar-refractivity contribution < 1.29 is 14.3 Å². The lowest BCUT2D eigenvalue weighted by atomic mass is 10.3. The molecule has 2 rings (SSSR count). The predicted octanol–water partition coefficient (Wildman–Crippen LogP) is 3.59. The Bertz CT molecular complexity index is 626. The van der Waals surface area contributed by atoms with Crippen molar-refractivity contribution >= 4 is 11.7 Å². The monoisotopic (exact) mass is 314 g/mol. The first-order valence-corrected chi connectivity index (χ1v) is 7.75. The Morgan fingerprint density at radius 1 is 1.13 bits per heavy atom. The maximum atomic E-state index is 11.8. The predicted molar refractivity (Wildman–Crippen MR) is 89.9 cm³/mol. The quantitative estimate of drug-likeness (QED) is 0.757. The van der Waals surface area contributed by atoms with Gasteiger partial charge in [0.15, 0.2) is 0 Å². The van der Waals surface area contributed by atoms with E-state index >= 15 is 0 Å². The number of hydrogen-bond donors (Lipinski definition) is 1. The number of hydrogen-bond acceptors (Lipinski definition) is 4. The van der Waals surface area contributed by atoms with Gasteiger partial charge in [-0.15, -0.1) is 0 Å². The van der Waals surface area contributed by atoms with E-state index in [1.54, 1.807) is 6.20 Å². The van der Waals surface area contributed by atoms with Gasteiger partial charge in [0.1, 0.15) is 17.3 Å². The molecule has 23 heavy (non-hydrogen) atoms. The second-order valence-corrected chi connectivity index (χ2v) is 5.12. The normalized spacial score (nSPS) is 10.2. The van der Waals surface area contributed by atoms with Gasteiger partial charge in [0, 0.05) is 12.6 Å². The van der Waals surface area contributed by atoms with Crippen LogP contribution in [0.25, 0.3) is 0 Å². The Morgan fingerprint density at radius 3 is 2.48 bits per heavy atom. The lowest BCUT2D eigenvalue weighted by Gasteiger charge is -2.08. The van der Waals surface area contributed by atoms with E-state index in [2.05, 4.69) is 10.3 Å². The van der Waals surface area contributed by atoms with E-state index in [-0.39, 0.29) is 5.91 Å². The Labute approximate surface area is 136 Å². The van der Waals surface area contributed by atoms with Crippen molar-refractivity contribution in [2.24, 2.45) is 0 Å². The molecular weight excluding hydrogens is 292 g/mol. The molecule has 0 spiro atoms. The zero-order valence-corrected chi connectivity index (χ0v) is 13.5. The summed E-state index contributed by atoms with van der Waals surface area (Å²) in [5.74, 6) is 2.12. The topological polar surface area (TPSA) is 60.5 Å². The molecule has 0 aliphatic carbocycles. The largest absolute Gasteiger partial charge is 0.494 e.